The summed E-state index contributed by atoms with van der Waals surface area (Å²) >= 11 is 1.50. The van der Waals surface area contributed by atoms with E-state index in [4.69, 9.17) is 9.15 Å². The van der Waals surface area contributed by atoms with Crippen LogP contribution in [0.25, 0.3) is 11.5 Å². The van der Waals surface area contributed by atoms with E-state index in [1.54, 1.807) is 6.92 Å². The third-order valence-electron chi connectivity index (χ3n) is 4.28. The van der Waals surface area contributed by atoms with Crippen LogP contribution in [-0.4, -0.2) is 32.4 Å². The van der Waals surface area contributed by atoms with Gasteiger partial charge in [0.2, 0.25) is 5.89 Å². The number of aryl methyl sites for hydroxylation is 2. The van der Waals surface area contributed by atoms with Crippen LogP contribution in [0, 0.1) is 13.8 Å². The summed E-state index contributed by atoms with van der Waals surface area (Å²) in [4.78, 5) is 21.1. The van der Waals surface area contributed by atoms with E-state index in [1.165, 1.54) is 11.8 Å². The number of thioether (sulfide) groups is 1. The molecule has 0 saturated carbocycles. The number of esters is 1. The van der Waals surface area contributed by atoms with Crippen molar-refractivity contribution in [3.8, 4) is 11.5 Å². The number of rotatable bonds is 7. The Morgan fingerprint density at radius 1 is 1.14 bits per heavy atom. The van der Waals surface area contributed by atoms with Gasteiger partial charge in [-0.1, -0.05) is 30.0 Å². The first kappa shape index (κ1) is 20.0. The highest BCUT2D eigenvalue weighted by Crippen LogP contribution is 2.23. The summed E-state index contributed by atoms with van der Waals surface area (Å²) < 4.78 is 11.1. The first-order chi connectivity index (χ1) is 13.5. The number of carbonyl (C=O) groups is 1. The summed E-state index contributed by atoms with van der Waals surface area (Å²) in [6, 6.07) is 9.45. The Balaban J connectivity index is 1.59. The summed E-state index contributed by atoms with van der Waals surface area (Å²) in [6.45, 7) is 5.58. The summed E-state index contributed by atoms with van der Waals surface area (Å²) in [6.07, 6.45) is 2.08. The zero-order chi connectivity index (χ0) is 20.1. The molecule has 1 unspecified atom stereocenters. The molecule has 0 aliphatic carbocycles. The Labute approximate surface area is 168 Å². The van der Waals surface area contributed by atoms with Crippen molar-refractivity contribution >= 4 is 17.7 Å². The fraction of sp³-hybridized carbons (Fsp3) is 0.350. The van der Waals surface area contributed by atoms with Crippen LogP contribution in [0.5, 0.6) is 0 Å². The highest BCUT2D eigenvalue weighted by atomic mass is 32.2. The van der Waals surface area contributed by atoms with Crippen LogP contribution in [0.3, 0.4) is 0 Å². The first-order valence-electron chi connectivity index (χ1n) is 8.94. The number of ether oxygens (including phenoxy) is 1. The lowest BCUT2D eigenvalue weighted by Gasteiger charge is -2.11. The van der Waals surface area contributed by atoms with Crippen LogP contribution in [-0.2, 0) is 16.0 Å². The minimum absolute atomic E-state index is 0.230. The van der Waals surface area contributed by atoms with Gasteiger partial charge in [-0.15, -0.1) is 10.2 Å². The molecule has 0 bridgehead atoms. The molecule has 1 aromatic carbocycles. The second-order valence-electron chi connectivity index (χ2n) is 6.30. The van der Waals surface area contributed by atoms with Gasteiger partial charge in [0.1, 0.15) is 0 Å². The van der Waals surface area contributed by atoms with Crippen molar-refractivity contribution in [3.63, 3.8) is 0 Å². The van der Waals surface area contributed by atoms with E-state index >= 15 is 0 Å². The fourth-order valence-corrected chi connectivity index (χ4v) is 3.25. The molecule has 0 aliphatic rings. The predicted molar refractivity (Wildman–Crippen MR) is 106 cm³/mol. The maximum atomic E-state index is 12.3. The van der Waals surface area contributed by atoms with Crippen LogP contribution in [0.15, 0.2) is 39.9 Å². The van der Waals surface area contributed by atoms with Crippen molar-refractivity contribution in [2.45, 2.75) is 44.9 Å². The van der Waals surface area contributed by atoms with Gasteiger partial charge in [0.05, 0.1) is 0 Å². The molecule has 2 aromatic heterocycles. The molecular formula is C20H22N4O3S. The van der Waals surface area contributed by atoms with Crippen molar-refractivity contribution in [3.05, 3.63) is 53.2 Å². The molecule has 3 aromatic rings. The van der Waals surface area contributed by atoms with Gasteiger partial charge in [-0.05, 0) is 51.1 Å². The quantitative estimate of drug-likeness (QED) is 0.334. The zero-order valence-electron chi connectivity index (χ0n) is 16.3. The van der Waals surface area contributed by atoms with Crippen molar-refractivity contribution < 1.29 is 13.9 Å². The smallest absolute Gasteiger partial charge is 0.306 e. The maximum absolute atomic E-state index is 12.3. The normalized spacial score (nSPS) is 12.0. The molecule has 3 rings (SSSR count). The van der Waals surface area contributed by atoms with E-state index in [0.29, 0.717) is 12.3 Å². The Morgan fingerprint density at radius 3 is 2.46 bits per heavy atom. The minimum Gasteiger partial charge on any atom is -0.453 e. The lowest BCUT2D eigenvalue weighted by Crippen LogP contribution is -2.11. The summed E-state index contributed by atoms with van der Waals surface area (Å²) in [5.74, 6) is 0.336. The molecule has 146 valence electrons. The third-order valence-corrected chi connectivity index (χ3v) is 4.83. The fourth-order valence-electron chi connectivity index (χ4n) is 2.79. The van der Waals surface area contributed by atoms with E-state index in [2.05, 4.69) is 20.2 Å². The molecule has 7 nitrogen and oxygen atoms in total. The van der Waals surface area contributed by atoms with E-state index in [9.17, 15) is 4.79 Å². The molecule has 0 saturated heterocycles. The molecule has 8 heteroatoms. The summed E-state index contributed by atoms with van der Waals surface area (Å²) in [5, 5.41) is 8.75. The van der Waals surface area contributed by atoms with Gasteiger partial charge in [-0.25, -0.2) is 9.97 Å². The van der Waals surface area contributed by atoms with Crippen molar-refractivity contribution in [2.75, 3.05) is 6.26 Å². The highest BCUT2D eigenvalue weighted by Gasteiger charge is 2.19. The molecule has 0 N–H and O–H groups in total. The number of benzene rings is 1. The first-order valence-corrected chi connectivity index (χ1v) is 10.2. The Kier molecular flexibility index (Phi) is 6.41. The Hall–Kier alpha value is -2.74. The Morgan fingerprint density at radius 2 is 1.82 bits per heavy atom. The standard InChI is InChI=1S/C20H22N4O3S/c1-12-16(13(2)22-20(21-12)28-4)10-11-17(25)26-14(3)18-23-24-19(27-18)15-8-6-5-7-9-15/h5-9,14H,10-11H2,1-4H3. The molecule has 0 radical (unpaired) electrons. The largest absolute Gasteiger partial charge is 0.453 e. The topological polar surface area (TPSA) is 91.0 Å². The second kappa shape index (κ2) is 8.97. The zero-order valence-corrected chi connectivity index (χ0v) is 17.1. The van der Waals surface area contributed by atoms with Gasteiger partial charge in [-0.3, -0.25) is 4.79 Å². The molecular weight excluding hydrogens is 376 g/mol. The van der Waals surface area contributed by atoms with Crippen LogP contribution < -0.4 is 0 Å². The Bertz CT molecular complexity index is 936. The molecule has 28 heavy (non-hydrogen) atoms. The van der Waals surface area contributed by atoms with Gasteiger partial charge in [0.15, 0.2) is 11.3 Å². The molecule has 1 atom stereocenters. The molecule has 2 heterocycles. The van der Waals surface area contributed by atoms with Gasteiger partial charge >= 0.3 is 5.97 Å². The minimum atomic E-state index is -0.616. The maximum Gasteiger partial charge on any atom is 0.306 e. The van der Waals surface area contributed by atoms with Gasteiger partial charge in [0.25, 0.3) is 5.89 Å². The second-order valence-corrected chi connectivity index (χ2v) is 7.08. The van der Waals surface area contributed by atoms with Crippen molar-refractivity contribution in [1.29, 1.82) is 0 Å². The molecule has 0 aliphatic heterocycles. The third kappa shape index (κ3) is 4.75. The van der Waals surface area contributed by atoms with Crippen molar-refractivity contribution in [1.82, 2.24) is 20.2 Å². The average molecular weight is 398 g/mol. The number of aromatic nitrogens is 4. The average Bonchev–Trinajstić information content (AvgIpc) is 3.18. The van der Waals surface area contributed by atoms with Crippen LogP contribution >= 0.6 is 11.8 Å². The highest BCUT2D eigenvalue weighted by molar-refractivity contribution is 7.98. The predicted octanol–water partition coefficient (Wildman–Crippen LogP) is 4.10. The number of nitrogens with zero attached hydrogens (tertiary/aromatic N) is 4. The SMILES string of the molecule is CSc1nc(C)c(CCC(=O)OC(C)c2nnc(-c3ccccc3)o2)c(C)n1. The van der Waals surface area contributed by atoms with E-state index in [1.807, 2.05) is 50.4 Å². The van der Waals surface area contributed by atoms with Crippen LogP contribution in [0.2, 0.25) is 0 Å². The van der Waals surface area contributed by atoms with E-state index in [-0.39, 0.29) is 18.3 Å². The van der Waals surface area contributed by atoms with Gasteiger partial charge in [0, 0.05) is 23.4 Å². The van der Waals surface area contributed by atoms with E-state index < -0.39 is 6.10 Å². The molecule has 0 spiro atoms. The number of hydrogen-bond donors (Lipinski definition) is 0. The van der Waals surface area contributed by atoms with Crippen LogP contribution in [0.4, 0.5) is 0 Å². The summed E-state index contributed by atoms with van der Waals surface area (Å²) in [5.41, 5.74) is 3.58. The van der Waals surface area contributed by atoms with Crippen LogP contribution in [0.1, 0.15) is 42.3 Å². The number of carbonyl (C=O) groups excluding carboxylic acids is 1. The monoisotopic (exact) mass is 398 g/mol. The molecule has 0 amide bonds. The lowest BCUT2D eigenvalue weighted by molar-refractivity contribution is -0.149. The number of hydrogen-bond acceptors (Lipinski definition) is 8. The van der Waals surface area contributed by atoms with Gasteiger partial charge < -0.3 is 9.15 Å². The van der Waals surface area contributed by atoms with E-state index in [0.717, 1.165) is 27.7 Å². The lowest BCUT2D eigenvalue weighted by atomic mass is 10.1. The van der Waals surface area contributed by atoms with Crippen molar-refractivity contribution in [2.24, 2.45) is 0 Å². The van der Waals surface area contributed by atoms with Gasteiger partial charge in [-0.2, -0.15) is 0 Å². The summed E-state index contributed by atoms with van der Waals surface area (Å²) in [7, 11) is 0. The molecule has 0 fully saturated rings.